The summed E-state index contributed by atoms with van der Waals surface area (Å²) in [6.45, 7) is 0.0783. The van der Waals surface area contributed by atoms with Crippen LogP contribution in [0.2, 0.25) is 0 Å². The van der Waals surface area contributed by atoms with Crippen molar-refractivity contribution in [2.24, 2.45) is 5.92 Å². The Morgan fingerprint density at radius 2 is 2.25 bits per heavy atom. The number of methoxy groups -OCH3 is 1. The van der Waals surface area contributed by atoms with Gasteiger partial charge in [0.15, 0.2) is 0 Å². The number of para-hydroxylation sites is 1. The van der Waals surface area contributed by atoms with Gasteiger partial charge in [0.25, 0.3) is 5.69 Å². The second kappa shape index (κ2) is 5.58. The molecule has 1 aliphatic heterocycles. The van der Waals surface area contributed by atoms with Gasteiger partial charge >= 0.3 is 5.97 Å². The second-order valence-electron chi connectivity index (χ2n) is 4.29. The molecule has 1 heterocycles. The highest BCUT2D eigenvalue weighted by Gasteiger charge is 2.39. The standard InChI is InChI=1S/C12H11BrN2O5/c1-20-12(17)7-5-10(16)14(6-7)11-8(13)3-2-4-9(11)15(18)19/h2-4,7H,5-6H2,1H3. The molecule has 1 fully saturated rings. The van der Waals surface area contributed by atoms with E-state index >= 15 is 0 Å². The fraction of sp³-hybridized carbons (Fsp3) is 0.333. The van der Waals surface area contributed by atoms with Crippen molar-refractivity contribution in [1.82, 2.24) is 0 Å². The van der Waals surface area contributed by atoms with Crippen LogP contribution in [-0.2, 0) is 14.3 Å². The number of rotatable bonds is 3. The lowest BCUT2D eigenvalue weighted by Gasteiger charge is -2.17. The van der Waals surface area contributed by atoms with Gasteiger partial charge in [0.05, 0.1) is 18.0 Å². The van der Waals surface area contributed by atoms with Crippen LogP contribution >= 0.6 is 15.9 Å². The van der Waals surface area contributed by atoms with E-state index in [2.05, 4.69) is 20.7 Å². The van der Waals surface area contributed by atoms with Gasteiger partial charge in [0.2, 0.25) is 5.91 Å². The third kappa shape index (κ3) is 2.51. The van der Waals surface area contributed by atoms with E-state index in [0.29, 0.717) is 4.47 Å². The number of ether oxygens (including phenoxy) is 1. The van der Waals surface area contributed by atoms with E-state index < -0.39 is 16.8 Å². The van der Waals surface area contributed by atoms with Gasteiger partial charge in [-0.25, -0.2) is 0 Å². The van der Waals surface area contributed by atoms with E-state index in [1.165, 1.54) is 24.1 Å². The highest BCUT2D eigenvalue weighted by Crippen LogP contribution is 2.38. The third-order valence-electron chi connectivity index (χ3n) is 3.09. The molecule has 0 radical (unpaired) electrons. The second-order valence-corrected chi connectivity index (χ2v) is 5.15. The van der Waals surface area contributed by atoms with Gasteiger partial charge in [-0.2, -0.15) is 0 Å². The molecule has 1 aliphatic rings. The number of hydrogen-bond acceptors (Lipinski definition) is 5. The number of benzene rings is 1. The zero-order valence-corrected chi connectivity index (χ0v) is 12.1. The summed E-state index contributed by atoms with van der Waals surface area (Å²) in [5.41, 5.74) is -0.00727. The molecule has 106 valence electrons. The maximum absolute atomic E-state index is 12.0. The Kier molecular flexibility index (Phi) is 4.03. The predicted molar refractivity (Wildman–Crippen MR) is 73.3 cm³/mol. The Morgan fingerprint density at radius 1 is 1.55 bits per heavy atom. The average Bonchev–Trinajstić information content (AvgIpc) is 2.79. The van der Waals surface area contributed by atoms with E-state index in [-0.39, 0.29) is 30.2 Å². The van der Waals surface area contributed by atoms with Gasteiger partial charge in [-0.05, 0) is 22.0 Å². The fourth-order valence-electron chi connectivity index (χ4n) is 2.17. The molecule has 0 spiro atoms. The topological polar surface area (TPSA) is 89.8 Å². The van der Waals surface area contributed by atoms with Crippen LogP contribution in [0, 0.1) is 16.0 Å². The molecule has 1 saturated heterocycles. The van der Waals surface area contributed by atoms with Crippen LogP contribution in [0.25, 0.3) is 0 Å². The normalized spacial score (nSPS) is 18.2. The minimum Gasteiger partial charge on any atom is -0.469 e. The first-order valence-corrected chi connectivity index (χ1v) is 6.56. The summed E-state index contributed by atoms with van der Waals surface area (Å²) < 4.78 is 5.05. The number of hydrogen-bond donors (Lipinski definition) is 0. The van der Waals surface area contributed by atoms with Gasteiger partial charge < -0.3 is 9.64 Å². The van der Waals surface area contributed by atoms with Crippen molar-refractivity contribution in [2.45, 2.75) is 6.42 Å². The molecule has 1 aromatic carbocycles. The first kappa shape index (κ1) is 14.4. The highest BCUT2D eigenvalue weighted by molar-refractivity contribution is 9.10. The summed E-state index contributed by atoms with van der Waals surface area (Å²) in [6, 6.07) is 4.45. The fourth-order valence-corrected chi connectivity index (χ4v) is 2.74. The summed E-state index contributed by atoms with van der Waals surface area (Å²) in [4.78, 5) is 35.3. The van der Waals surface area contributed by atoms with Crippen LogP contribution in [0.3, 0.4) is 0 Å². The molecular formula is C12H11BrN2O5. The molecule has 8 heteroatoms. The average molecular weight is 343 g/mol. The van der Waals surface area contributed by atoms with E-state index in [4.69, 9.17) is 0 Å². The van der Waals surface area contributed by atoms with Gasteiger partial charge in [-0.15, -0.1) is 0 Å². The lowest BCUT2D eigenvalue weighted by Crippen LogP contribution is -2.27. The molecule has 20 heavy (non-hydrogen) atoms. The largest absolute Gasteiger partial charge is 0.469 e. The summed E-state index contributed by atoms with van der Waals surface area (Å²) in [7, 11) is 1.25. The Bertz CT molecular complexity index is 589. The predicted octanol–water partition coefficient (Wildman–Crippen LogP) is 1.88. The highest BCUT2D eigenvalue weighted by atomic mass is 79.9. The number of nitrogens with zero attached hydrogens (tertiary/aromatic N) is 2. The van der Waals surface area contributed by atoms with Crippen molar-refractivity contribution in [1.29, 1.82) is 0 Å². The smallest absolute Gasteiger partial charge is 0.311 e. The molecule has 0 aliphatic carbocycles. The van der Waals surface area contributed by atoms with Crippen molar-refractivity contribution in [3.05, 3.63) is 32.8 Å². The molecule has 0 N–H and O–H groups in total. The molecule has 1 aromatic rings. The number of esters is 1. The van der Waals surface area contributed by atoms with Crippen molar-refractivity contribution in [3.8, 4) is 0 Å². The van der Waals surface area contributed by atoms with Crippen LogP contribution in [0.4, 0.5) is 11.4 Å². The van der Waals surface area contributed by atoms with Crippen molar-refractivity contribution >= 4 is 39.2 Å². The van der Waals surface area contributed by atoms with Crippen molar-refractivity contribution in [3.63, 3.8) is 0 Å². The summed E-state index contributed by atoms with van der Waals surface area (Å²) >= 11 is 3.21. The Morgan fingerprint density at radius 3 is 2.85 bits per heavy atom. The zero-order chi connectivity index (χ0) is 14.9. The number of halogens is 1. The van der Waals surface area contributed by atoms with Crippen LogP contribution in [-0.4, -0.2) is 30.5 Å². The quantitative estimate of drug-likeness (QED) is 0.475. The van der Waals surface area contributed by atoms with Crippen LogP contribution < -0.4 is 4.90 Å². The first-order valence-electron chi connectivity index (χ1n) is 5.76. The van der Waals surface area contributed by atoms with Crippen LogP contribution in [0.15, 0.2) is 22.7 Å². The van der Waals surface area contributed by atoms with Gasteiger partial charge in [0, 0.05) is 23.5 Å². The molecule has 7 nitrogen and oxygen atoms in total. The summed E-state index contributed by atoms with van der Waals surface area (Å²) in [5.74, 6) is -1.43. The molecule has 0 bridgehead atoms. The Balaban J connectivity index is 2.40. The molecule has 1 amide bonds. The third-order valence-corrected chi connectivity index (χ3v) is 3.73. The number of anilines is 1. The van der Waals surface area contributed by atoms with Crippen LogP contribution in [0.1, 0.15) is 6.42 Å². The monoisotopic (exact) mass is 342 g/mol. The molecular weight excluding hydrogens is 332 g/mol. The molecule has 1 unspecified atom stereocenters. The number of amides is 1. The zero-order valence-electron chi connectivity index (χ0n) is 10.5. The summed E-state index contributed by atoms with van der Waals surface area (Å²) in [6.07, 6.45) is -0.00877. The molecule has 2 rings (SSSR count). The number of nitro groups is 1. The van der Waals surface area contributed by atoms with Gasteiger partial charge in [-0.3, -0.25) is 19.7 Å². The minimum atomic E-state index is -0.598. The first-order chi connectivity index (χ1) is 9.45. The lowest BCUT2D eigenvalue weighted by molar-refractivity contribution is -0.384. The molecule has 1 atom stereocenters. The lowest BCUT2D eigenvalue weighted by atomic mass is 10.1. The Hall–Kier alpha value is -1.96. The van der Waals surface area contributed by atoms with E-state index in [9.17, 15) is 19.7 Å². The van der Waals surface area contributed by atoms with Gasteiger partial charge in [-0.1, -0.05) is 6.07 Å². The van der Waals surface area contributed by atoms with E-state index in [1.807, 2.05) is 0 Å². The molecule has 0 saturated carbocycles. The maximum Gasteiger partial charge on any atom is 0.311 e. The van der Waals surface area contributed by atoms with E-state index in [1.54, 1.807) is 6.07 Å². The van der Waals surface area contributed by atoms with Crippen molar-refractivity contribution in [2.75, 3.05) is 18.6 Å². The molecule has 0 aromatic heterocycles. The number of nitro benzene ring substituents is 1. The minimum absolute atomic E-state index is 0.00877. The van der Waals surface area contributed by atoms with Gasteiger partial charge in [0.1, 0.15) is 5.69 Å². The Labute approximate surface area is 122 Å². The number of carbonyl (C=O) groups is 2. The van der Waals surface area contributed by atoms with Crippen LogP contribution in [0.5, 0.6) is 0 Å². The maximum atomic E-state index is 12.0. The van der Waals surface area contributed by atoms with E-state index in [0.717, 1.165) is 0 Å². The summed E-state index contributed by atoms with van der Waals surface area (Å²) in [5, 5.41) is 11.1. The number of carbonyl (C=O) groups excluding carboxylic acids is 2. The van der Waals surface area contributed by atoms with Crippen molar-refractivity contribution < 1.29 is 19.2 Å². The SMILES string of the molecule is COC(=O)C1CC(=O)N(c2c(Br)cccc2[N+](=O)[O-])C1.